The number of carboxylic acids is 1. The first-order valence-corrected chi connectivity index (χ1v) is 13.3. The number of nitrogens with zero attached hydrogens (tertiary/aromatic N) is 1. The number of ether oxygens (including phenoxy) is 3. The van der Waals surface area contributed by atoms with E-state index < -0.39 is 61.9 Å². The molecule has 2 amide bonds. The number of amides is 2. The van der Waals surface area contributed by atoms with Crippen molar-refractivity contribution < 1.29 is 68.4 Å². The lowest BCUT2D eigenvalue weighted by Crippen LogP contribution is -2.62. The number of aliphatic carboxylic acids is 1. The predicted octanol–water partition coefficient (Wildman–Crippen LogP) is 6.84. The second kappa shape index (κ2) is 15.2. The molecule has 8 nitrogen and oxygen atoms in total. The fraction of sp³-hybridized carbons (Fsp3) is 0.462. The van der Waals surface area contributed by atoms with Crippen molar-refractivity contribution in [2.24, 2.45) is 0 Å². The number of carbonyl (C=O) groups is 2. The number of benzene rings is 2. The molecule has 0 spiro atoms. The summed E-state index contributed by atoms with van der Waals surface area (Å²) >= 11 is 3.18. The van der Waals surface area contributed by atoms with Crippen LogP contribution in [0.1, 0.15) is 12.5 Å². The largest absolute Gasteiger partial charge is 0.492 e. The van der Waals surface area contributed by atoms with Gasteiger partial charge >= 0.3 is 36.1 Å². The summed E-state index contributed by atoms with van der Waals surface area (Å²) in [5, 5.41) is 11.6. The molecule has 0 saturated carbocycles. The van der Waals surface area contributed by atoms with Crippen molar-refractivity contribution in [3.63, 3.8) is 0 Å². The van der Waals surface area contributed by atoms with Crippen molar-refractivity contribution in [1.82, 2.24) is 4.90 Å². The highest BCUT2D eigenvalue weighted by molar-refractivity contribution is 9.10. The van der Waals surface area contributed by atoms with Gasteiger partial charge in [-0.3, -0.25) is 0 Å². The number of carboxylic acid groups (broad SMARTS) is 1. The SMILES string of the molecule is CCOC(Cc1ccc(OCCN(CCOC(F)(F)C(F)(F)C(F)(F)C(F)(F)F)C(=O)Nc2ccc(Br)cc2)cc1)C(=O)O. The van der Waals surface area contributed by atoms with Crippen LogP contribution in [-0.4, -0.2) is 85.2 Å². The maximum absolute atomic E-state index is 13.8. The molecule has 2 aromatic carbocycles. The maximum atomic E-state index is 13.8. The molecule has 246 valence electrons. The topological polar surface area (TPSA) is 97.3 Å². The summed E-state index contributed by atoms with van der Waals surface area (Å²) in [7, 11) is 0. The van der Waals surface area contributed by atoms with E-state index in [9.17, 15) is 54.2 Å². The van der Waals surface area contributed by atoms with Crippen LogP contribution >= 0.6 is 15.9 Å². The molecule has 2 rings (SSSR count). The standard InChI is InChI=1S/C26H26BrF9N2O6/c1-2-42-20(21(39)40)15-16-3-9-19(10-4-16)43-13-11-38(22(41)37-18-7-5-17(27)6-8-18)12-14-44-26(35,36)24(30,31)23(28,29)25(32,33)34/h3-10,20H,2,11-15H2,1H3,(H,37,41)(H,39,40). The van der Waals surface area contributed by atoms with Crippen molar-refractivity contribution in [1.29, 1.82) is 0 Å². The maximum Gasteiger partial charge on any atom is 0.460 e. The predicted molar refractivity (Wildman–Crippen MR) is 140 cm³/mol. The molecule has 0 heterocycles. The molecular weight excluding hydrogens is 687 g/mol. The van der Waals surface area contributed by atoms with E-state index in [1.807, 2.05) is 0 Å². The molecule has 0 saturated heterocycles. The molecule has 0 bridgehead atoms. The molecule has 1 atom stereocenters. The van der Waals surface area contributed by atoms with Crippen LogP contribution in [0.25, 0.3) is 0 Å². The first-order valence-electron chi connectivity index (χ1n) is 12.5. The zero-order valence-electron chi connectivity index (χ0n) is 22.7. The lowest BCUT2D eigenvalue weighted by Gasteiger charge is -2.33. The quantitative estimate of drug-likeness (QED) is 0.185. The van der Waals surface area contributed by atoms with Crippen LogP contribution in [0.4, 0.5) is 50.0 Å². The highest BCUT2D eigenvalue weighted by Gasteiger charge is 2.82. The van der Waals surface area contributed by atoms with Gasteiger partial charge in [-0.05, 0) is 48.9 Å². The Morgan fingerprint density at radius 3 is 1.98 bits per heavy atom. The first-order chi connectivity index (χ1) is 20.3. The van der Waals surface area contributed by atoms with E-state index in [1.165, 1.54) is 48.5 Å². The van der Waals surface area contributed by atoms with Gasteiger partial charge in [0.15, 0.2) is 6.10 Å². The number of halogens is 10. The lowest BCUT2D eigenvalue weighted by atomic mass is 10.1. The third kappa shape index (κ3) is 9.62. The van der Waals surface area contributed by atoms with E-state index in [1.54, 1.807) is 6.92 Å². The van der Waals surface area contributed by atoms with Gasteiger partial charge in [0.05, 0.1) is 13.2 Å². The fourth-order valence-electron chi connectivity index (χ4n) is 3.41. The number of alkyl halides is 9. The number of anilines is 1. The molecule has 2 N–H and O–H groups in total. The Hall–Kier alpha value is -3.25. The van der Waals surface area contributed by atoms with E-state index in [0.29, 0.717) is 14.9 Å². The molecule has 1 unspecified atom stereocenters. The van der Waals surface area contributed by atoms with Crippen LogP contribution in [-0.2, 0) is 20.7 Å². The van der Waals surface area contributed by atoms with Gasteiger partial charge in [-0.25, -0.2) is 9.59 Å². The van der Waals surface area contributed by atoms with E-state index >= 15 is 0 Å². The van der Waals surface area contributed by atoms with Gasteiger partial charge in [-0.2, -0.15) is 39.5 Å². The summed E-state index contributed by atoms with van der Waals surface area (Å²) in [6.45, 7) is -1.46. The Morgan fingerprint density at radius 2 is 1.45 bits per heavy atom. The molecule has 0 fully saturated rings. The molecule has 0 aliphatic carbocycles. The Kier molecular flexibility index (Phi) is 12.7. The van der Waals surface area contributed by atoms with Crippen LogP contribution in [0.15, 0.2) is 53.0 Å². The van der Waals surface area contributed by atoms with Gasteiger partial charge in [0.2, 0.25) is 0 Å². The highest BCUT2D eigenvalue weighted by Crippen LogP contribution is 2.53. The fourth-order valence-corrected chi connectivity index (χ4v) is 3.68. The van der Waals surface area contributed by atoms with Crippen molar-refractivity contribution >= 4 is 33.6 Å². The number of urea groups is 1. The van der Waals surface area contributed by atoms with E-state index in [-0.39, 0.29) is 31.1 Å². The number of carbonyl (C=O) groups excluding carboxylic acids is 1. The second-order valence-corrected chi connectivity index (χ2v) is 9.83. The summed E-state index contributed by atoms with van der Waals surface area (Å²) in [5.41, 5.74) is 0.786. The Labute approximate surface area is 253 Å². The molecule has 18 heteroatoms. The van der Waals surface area contributed by atoms with Crippen LogP contribution in [0.2, 0.25) is 0 Å². The van der Waals surface area contributed by atoms with Crippen molar-refractivity contribution in [2.45, 2.75) is 43.6 Å². The summed E-state index contributed by atoms with van der Waals surface area (Å²) in [5.74, 6) is -15.0. The lowest BCUT2D eigenvalue weighted by molar-refractivity contribution is -0.443. The number of hydrogen-bond donors (Lipinski definition) is 2. The number of nitrogens with one attached hydrogen (secondary N) is 1. The molecule has 0 radical (unpaired) electrons. The van der Waals surface area contributed by atoms with Crippen molar-refractivity contribution in [3.8, 4) is 5.75 Å². The monoisotopic (exact) mass is 712 g/mol. The summed E-state index contributed by atoms with van der Waals surface area (Å²) in [4.78, 5) is 24.7. The molecule has 0 aromatic heterocycles. The first kappa shape index (κ1) is 36.9. The summed E-state index contributed by atoms with van der Waals surface area (Å²) in [6, 6.07) is 10.9. The Balaban J connectivity index is 2.09. The minimum absolute atomic E-state index is 0.0477. The molecule has 0 aliphatic rings. The summed E-state index contributed by atoms with van der Waals surface area (Å²) in [6.07, 6.45) is -14.3. The number of rotatable bonds is 16. The van der Waals surface area contributed by atoms with Crippen LogP contribution in [0, 0.1) is 0 Å². The van der Waals surface area contributed by atoms with Gasteiger partial charge < -0.3 is 29.5 Å². The zero-order valence-corrected chi connectivity index (χ0v) is 24.2. The molecule has 0 aliphatic heterocycles. The molecule has 2 aromatic rings. The average molecular weight is 713 g/mol. The number of hydrogen-bond acceptors (Lipinski definition) is 5. The van der Waals surface area contributed by atoms with Gasteiger partial charge in [0, 0.05) is 29.7 Å². The van der Waals surface area contributed by atoms with Gasteiger partial charge in [-0.15, -0.1) is 0 Å². The Morgan fingerprint density at radius 1 is 0.886 bits per heavy atom. The van der Waals surface area contributed by atoms with Crippen LogP contribution < -0.4 is 10.1 Å². The molecule has 44 heavy (non-hydrogen) atoms. The van der Waals surface area contributed by atoms with E-state index in [2.05, 4.69) is 26.0 Å². The third-order valence-corrected chi connectivity index (χ3v) is 6.29. The van der Waals surface area contributed by atoms with E-state index in [0.717, 1.165) is 0 Å². The minimum Gasteiger partial charge on any atom is -0.492 e. The van der Waals surface area contributed by atoms with Crippen molar-refractivity contribution in [3.05, 3.63) is 58.6 Å². The average Bonchev–Trinajstić information content (AvgIpc) is 2.93. The highest BCUT2D eigenvalue weighted by atomic mass is 79.9. The zero-order chi connectivity index (χ0) is 33.3. The van der Waals surface area contributed by atoms with Crippen molar-refractivity contribution in [2.75, 3.05) is 38.2 Å². The van der Waals surface area contributed by atoms with Gasteiger partial charge in [0.25, 0.3) is 0 Å². The smallest absolute Gasteiger partial charge is 0.460 e. The van der Waals surface area contributed by atoms with Crippen LogP contribution in [0.3, 0.4) is 0 Å². The second-order valence-electron chi connectivity index (χ2n) is 8.91. The van der Waals surface area contributed by atoms with Gasteiger partial charge in [0.1, 0.15) is 12.4 Å². The normalized spacial score (nSPS) is 13.3. The van der Waals surface area contributed by atoms with Gasteiger partial charge in [-0.1, -0.05) is 28.1 Å². The van der Waals surface area contributed by atoms with Crippen LogP contribution in [0.5, 0.6) is 5.75 Å². The summed E-state index contributed by atoms with van der Waals surface area (Å²) < 4.78 is 133. The third-order valence-electron chi connectivity index (χ3n) is 5.76. The molecular formula is C26H26BrF9N2O6. The van der Waals surface area contributed by atoms with E-state index in [4.69, 9.17) is 9.47 Å². The Bertz CT molecular complexity index is 1230. The minimum atomic E-state index is -7.12.